The second kappa shape index (κ2) is 6.14. The number of rotatable bonds is 5. The molecule has 4 heteroatoms. The summed E-state index contributed by atoms with van der Waals surface area (Å²) in [4.78, 5) is 4.44. The van der Waals surface area contributed by atoms with E-state index in [1.165, 1.54) is 0 Å². The van der Waals surface area contributed by atoms with Crippen molar-refractivity contribution in [1.82, 2.24) is 4.98 Å². The highest BCUT2D eigenvalue weighted by Crippen LogP contribution is 2.20. The van der Waals surface area contributed by atoms with E-state index in [-0.39, 0.29) is 0 Å². The van der Waals surface area contributed by atoms with Crippen LogP contribution in [0, 0.1) is 0 Å². The van der Waals surface area contributed by atoms with E-state index in [0.717, 1.165) is 35.3 Å². The fourth-order valence-corrected chi connectivity index (χ4v) is 1.82. The Morgan fingerprint density at radius 1 is 1.50 bits per heavy atom. The molecule has 0 atom stereocenters. The van der Waals surface area contributed by atoms with Gasteiger partial charge in [-0.25, -0.2) is 4.98 Å². The number of pyridine rings is 1. The number of aromatic nitrogens is 1. The quantitative estimate of drug-likeness (QED) is 0.839. The summed E-state index contributed by atoms with van der Waals surface area (Å²) in [5, 5.41) is 3.99. The monoisotopic (exact) mass is 230 g/mol. The lowest BCUT2D eigenvalue weighted by Gasteiger charge is -2.07. The SMILES string of the molecule is CCCNc1ccc(Cl)c(CSC)n1. The normalized spacial score (nSPS) is 10.2. The highest BCUT2D eigenvalue weighted by Gasteiger charge is 2.02. The standard InChI is InChI=1S/C10H15ClN2S/c1-3-6-12-10-5-4-8(11)9(13-10)7-14-2/h4-5H,3,6-7H2,1-2H3,(H,12,13). The van der Waals surface area contributed by atoms with Crippen LogP contribution in [0.25, 0.3) is 0 Å². The van der Waals surface area contributed by atoms with E-state index >= 15 is 0 Å². The van der Waals surface area contributed by atoms with Crippen LogP contribution in [0.2, 0.25) is 5.02 Å². The van der Waals surface area contributed by atoms with Gasteiger partial charge in [0.25, 0.3) is 0 Å². The average Bonchev–Trinajstić information content (AvgIpc) is 2.19. The third-order valence-electron chi connectivity index (χ3n) is 1.76. The minimum Gasteiger partial charge on any atom is -0.370 e. The Hall–Kier alpha value is -0.410. The second-order valence-corrected chi connectivity index (χ2v) is 4.26. The molecular formula is C10H15ClN2S. The summed E-state index contributed by atoms with van der Waals surface area (Å²) >= 11 is 7.73. The van der Waals surface area contributed by atoms with E-state index in [1.807, 2.05) is 18.4 Å². The molecule has 0 saturated carbocycles. The molecule has 0 aliphatic rings. The van der Waals surface area contributed by atoms with Crippen LogP contribution in [0.1, 0.15) is 19.0 Å². The number of halogens is 1. The van der Waals surface area contributed by atoms with Crippen molar-refractivity contribution in [1.29, 1.82) is 0 Å². The van der Waals surface area contributed by atoms with Gasteiger partial charge in [0.1, 0.15) is 5.82 Å². The Balaban J connectivity index is 2.72. The van der Waals surface area contributed by atoms with Crippen LogP contribution in [0.3, 0.4) is 0 Å². The summed E-state index contributed by atoms with van der Waals surface area (Å²) in [5.41, 5.74) is 0.959. The van der Waals surface area contributed by atoms with Gasteiger partial charge in [-0.2, -0.15) is 11.8 Å². The Labute approximate surface area is 94.5 Å². The lowest BCUT2D eigenvalue weighted by molar-refractivity contribution is 0.965. The van der Waals surface area contributed by atoms with Gasteiger partial charge in [0, 0.05) is 12.3 Å². The maximum Gasteiger partial charge on any atom is 0.126 e. The van der Waals surface area contributed by atoms with Crippen molar-refractivity contribution in [3.8, 4) is 0 Å². The molecule has 0 amide bonds. The van der Waals surface area contributed by atoms with Crippen LogP contribution in [0.4, 0.5) is 5.82 Å². The molecule has 0 aliphatic carbocycles. The predicted molar refractivity (Wildman–Crippen MR) is 65.2 cm³/mol. The van der Waals surface area contributed by atoms with E-state index in [9.17, 15) is 0 Å². The van der Waals surface area contributed by atoms with Crippen molar-refractivity contribution in [2.24, 2.45) is 0 Å². The van der Waals surface area contributed by atoms with E-state index in [2.05, 4.69) is 17.2 Å². The van der Waals surface area contributed by atoms with Gasteiger partial charge in [0.05, 0.1) is 10.7 Å². The zero-order valence-corrected chi connectivity index (χ0v) is 10.1. The zero-order valence-electron chi connectivity index (χ0n) is 8.51. The molecular weight excluding hydrogens is 216 g/mol. The number of hydrogen-bond donors (Lipinski definition) is 1. The molecule has 14 heavy (non-hydrogen) atoms. The van der Waals surface area contributed by atoms with Crippen LogP contribution in [0.15, 0.2) is 12.1 Å². The second-order valence-electron chi connectivity index (χ2n) is 2.98. The summed E-state index contributed by atoms with van der Waals surface area (Å²) in [7, 11) is 0. The summed E-state index contributed by atoms with van der Waals surface area (Å²) in [6.07, 6.45) is 3.15. The Morgan fingerprint density at radius 2 is 2.29 bits per heavy atom. The lowest BCUT2D eigenvalue weighted by atomic mass is 10.3. The van der Waals surface area contributed by atoms with Gasteiger partial charge in [0.15, 0.2) is 0 Å². The molecule has 1 aromatic rings. The molecule has 2 nitrogen and oxygen atoms in total. The molecule has 0 unspecified atom stereocenters. The molecule has 0 fully saturated rings. The van der Waals surface area contributed by atoms with Gasteiger partial charge in [-0.3, -0.25) is 0 Å². The third-order valence-corrected chi connectivity index (χ3v) is 2.66. The summed E-state index contributed by atoms with van der Waals surface area (Å²) in [5.74, 6) is 1.78. The van der Waals surface area contributed by atoms with E-state index in [4.69, 9.17) is 11.6 Å². The molecule has 0 saturated heterocycles. The van der Waals surface area contributed by atoms with Gasteiger partial charge in [-0.1, -0.05) is 18.5 Å². The molecule has 0 bridgehead atoms. The first-order chi connectivity index (χ1) is 6.77. The van der Waals surface area contributed by atoms with Gasteiger partial charge >= 0.3 is 0 Å². The van der Waals surface area contributed by atoms with Crippen LogP contribution in [-0.2, 0) is 5.75 Å². The van der Waals surface area contributed by atoms with Crippen molar-refractivity contribution in [3.63, 3.8) is 0 Å². The zero-order chi connectivity index (χ0) is 10.4. The van der Waals surface area contributed by atoms with E-state index in [0.29, 0.717) is 0 Å². The first-order valence-corrected chi connectivity index (χ1v) is 6.43. The topological polar surface area (TPSA) is 24.9 Å². The summed E-state index contributed by atoms with van der Waals surface area (Å²) in [6.45, 7) is 3.08. The maximum absolute atomic E-state index is 6.01. The molecule has 1 N–H and O–H groups in total. The van der Waals surface area contributed by atoms with E-state index in [1.54, 1.807) is 11.8 Å². The predicted octanol–water partition coefficient (Wildman–Crippen LogP) is 3.42. The maximum atomic E-state index is 6.01. The third kappa shape index (κ3) is 3.39. The highest BCUT2D eigenvalue weighted by molar-refractivity contribution is 7.97. The highest BCUT2D eigenvalue weighted by atomic mass is 35.5. The first kappa shape index (κ1) is 11.7. The van der Waals surface area contributed by atoms with E-state index < -0.39 is 0 Å². The van der Waals surface area contributed by atoms with Gasteiger partial charge in [-0.15, -0.1) is 0 Å². The summed E-state index contributed by atoms with van der Waals surface area (Å²) < 4.78 is 0. The van der Waals surface area contributed by atoms with Gasteiger partial charge < -0.3 is 5.32 Å². The van der Waals surface area contributed by atoms with Crippen molar-refractivity contribution in [3.05, 3.63) is 22.8 Å². The van der Waals surface area contributed by atoms with Gasteiger partial charge in [0.2, 0.25) is 0 Å². The molecule has 1 rings (SSSR count). The molecule has 1 heterocycles. The first-order valence-electron chi connectivity index (χ1n) is 4.66. The molecule has 0 radical (unpaired) electrons. The number of anilines is 1. The van der Waals surface area contributed by atoms with Crippen LogP contribution < -0.4 is 5.32 Å². The Kier molecular flexibility index (Phi) is 5.12. The number of hydrogen-bond acceptors (Lipinski definition) is 3. The minimum absolute atomic E-state index is 0.751. The Morgan fingerprint density at radius 3 is 2.93 bits per heavy atom. The van der Waals surface area contributed by atoms with Crippen molar-refractivity contribution >= 4 is 29.2 Å². The van der Waals surface area contributed by atoms with Crippen molar-refractivity contribution < 1.29 is 0 Å². The molecule has 1 aromatic heterocycles. The average molecular weight is 231 g/mol. The molecule has 0 spiro atoms. The number of nitrogens with one attached hydrogen (secondary N) is 1. The molecule has 0 aliphatic heterocycles. The van der Waals surface area contributed by atoms with Crippen LogP contribution in [-0.4, -0.2) is 17.8 Å². The van der Waals surface area contributed by atoms with Crippen molar-refractivity contribution in [2.45, 2.75) is 19.1 Å². The lowest BCUT2D eigenvalue weighted by Crippen LogP contribution is -2.03. The fraction of sp³-hybridized carbons (Fsp3) is 0.500. The largest absolute Gasteiger partial charge is 0.370 e. The number of nitrogens with zero attached hydrogens (tertiary/aromatic N) is 1. The molecule has 0 aromatic carbocycles. The van der Waals surface area contributed by atoms with Crippen molar-refractivity contribution in [2.75, 3.05) is 18.1 Å². The summed E-state index contributed by atoms with van der Waals surface area (Å²) in [6, 6.07) is 3.82. The minimum atomic E-state index is 0.751. The van der Waals surface area contributed by atoms with Gasteiger partial charge in [-0.05, 0) is 24.8 Å². The van der Waals surface area contributed by atoms with Crippen LogP contribution in [0.5, 0.6) is 0 Å². The smallest absolute Gasteiger partial charge is 0.126 e. The Bertz CT molecular complexity index is 291. The molecule has 78 valence electrons. The van der Waals surface area contributed by atoms with Crippen LogP contribution >= 0.6 is 23.4 Å². The number of thioether (sulfide) groups is 1. The fourth-order valence-electron chi connectivity index (χ4n) is 1.07.